The lowest BCUT2D eigenvalue weighted by atomic mass is 9.92. The number of hydrogen-bond donors (Lipinski definition) is 0. The summed E-state index contributed by atoms with van der Waals surface area (Å²) in [6.07, 6.45) is 0.622. The molecule has 0 bridgehead atoms. The van der Waals surface area contributed by atoms with Gasteiger partial charge in [-0.2, -0.15) is 5.10 Å². The Bertz CT molecular complexity index is 823. The molecule has 0 N–H and O–H groups in total. The van der Waals surface area contributed by atoms with E-state index in [4.69, 9.17) is 9.16 Å². The van der Waals surface area contributed by atoms with Crippen LogP contribution >= 0.6 is 0 Å². The highest BCUT2D eigenvalue weighted by Gasteiger charge is 2.43. The average Bonchev–Trinajstić information content (AvgIpc) is 2.99. The minimum atomic E-state index is -4.71. The molecule has 5 nitrogen and oxygen atoms in total. The number of nitrogens with zero attached hydrogens (tertiary/aromatic N) is 2. The first kappa shape index (κ1) is 21.7. The van der Waals surface area contributed by atoms with Crippen molar-refractivity contribution in [2.24, 2.45) is 0 Å². The van der Waals surface area contributed by atoms with Crippen LogP contribution in [-0.2, 0) is 4.43 Å². The number of halogens is 3. The molecule has 1 aliphatic carbocycles. The van der Waals surface area contributed by atoms with Crippen LogP contribution in [0.2, 0.25) is 18.1 Å². The molecule has 1 aromatic heterocycles. The van der Waals surface area contributed by atoms with Crippen LogP contribution in [-0.4, -0.2) is 36.7 Å². The normalized spacial score (nSPS) is 20.3. The van der Waals surface area contributed by atoms with E-state index in [0.29, 0.717) is 11.4 Å². The summed E-state index contributed by atoms with van der Waals surface area (Å²) >= 11 is 0. The first-order valence-electron chi connectivity index (χ1n) is 9.58. The maximum atomic E-state index is 12.2. The summed E-state index contributed by atoms with van der Waals surface area (Å²) in [5.74, 6) is 0.350. The summed E-state index contributed by atoms with van der Waals surface area (Å²) in [6, 6.07) is 5.51. The predicted molar refractivity (Wildman–Crippen MR) is 106 cm³/mol. The van der Waals surface area contributed by atoms with Crippen LogP contribution in [0.25, 0.3) is 5.69 Å². The van der Waals surface area contributed by atoms with Crippen molar-refractivity contribution in [1.29, 1.82) is 0 Å². The lowest BCUT2D eigenvalue weighted by molar-refractivity contribution is -0.274. The number of alkyl halides is 3. The standard InChI is InChI=1S/C20H27F3N2O3Si/c1-19(2,3)29(4,5)28-17-10-16(11-17)26-18-12-24-25(13-18)14-6-8-15(9-7-14)27-20(21,22)23/h6-9,12-13,16-17H,10-11H2,1-5H3/t16-,17-. The second kappa shape index (κ2) is 7.68. The van der Waals surface area contributed by atoms with Crippen molar-refractivity contribution in [2.45, 2.75) is 70.3 Å². The first-order valence-corrected chi connectivity index (χ1v) is 12.5. The molecule has 0 atom stereocenters. The smallest absolute Gasteiger partial charge is 0.487 e. The third-order valence-electron chi connectivity index (χ3n) is 5.52. The Morgan fingerprint density at radius 3 is 2.17 bits per heavy atom. The minimum absolute atomic E-state index is 0.0879. The summed E-state index contributed by atoms with van der Waals surface area (Å²) in [5, 5.41) is 4.40. The van der Waals surface area contributed by atoms with Crippen molar-refractivity contribution in [3.8, 4) is 17.2 Å². The Hall–Kier alpha value is -2.00. The van der Waals surface area contributed by atoms with Crippen molar-refractivity contribution >= 4 is 8.32 Å². The maximum absolute atomic E-state index is 12.2. The van der Waals surface area contributed by atoms with Gasteiger partial charge in [-0.25, -0.2) is 4.68 Å². The van der Waals surface area contributed by atoms with E-state index < -0.39 is 14.7 Å². The van der Waals surface area contributed by atoms with E-state index in [9.17, 15) is 13.2 Å². The van der Waals surface area contributed by atoms with Gasteiger partial charge in [0.1, 0.15) is 11.9 Å². The Labute approximate surface area is 169 Å². The zero-order chi connectivity index (χ0) is 21.4. The Balaban J connectivity index is 1.52. The van der Waals surface area contributed by atoms with E-state index in [1.165, 1.54) is 24.3 Å². The molecule has 1 aliphatic rings. The second-order valence-electron chi connectivity index (χ2n) is 8.87. The SMILES string of the molecule is CC(C)(C)[Si](C)(C)O[C@H]1C[C@H](Oc2cnn(-c3ccc(OC(F)(F)F)cc3)c2)C1. The van der Waals surface area contributed by atoms with Crippen LogP contribution in [0.5, 0.6) is 11.5 Å². The fraction of sp³-hybridized carbons (Fsp3) is 0.550. The summed E-state index contributed by atoms with van der Waals surface area (Å²) < 4.78 is 54.5. The van der Waals surface area contributed by atoms with Crippen molar-refractivity contribution in [2.75, 3.05) is 0 Å². The molecule has 0 radical (unpaired) electrons. The monoisotopic (exact) mass is 428 g/mol. The topological polar surface area (TPSA) is 45.5 Å². The van der Waals surface area contributed by atoms with Crippen LogP contribution in [0.1, 0.15) is 33.6 Å². The van der Waals surface area contributed by atoms with Gasteiger partial charge in [0.25, 0.3) is 0 Å². The molecule has 3 rings (SSSR count). The predicted octanol–water partition coefficient (Wildman–Crippen LogP) is 5.70. The van der Waals surface area contributed by atoms with Crippen molar-refractivity contribution in [3.63, 3.8) is 0 Å². The van der Waals surface area contributed by atoms with Crippen LogP contribution in [0.15, 0.2) is 36.7 Å². The number of ether oxygens (including phenoxy) is 2. The lowest BCUT2D eigenvalue weighted by Crippen LogP contribution is -2.50. The van der Waals surface area contributed by atoms with Gasteiger partial charge < -0.3 is 13.9 Å². The van der Waals surface area contributed by atoms with Gasteiger partial charge in [0.15, 0.2) is 14.1 Å². The largest absolute Gasteiger partial charge is 0.573 e. The van der Waals surface area contributed by atoms with Crippen LogP contribution in [0.4, 0.5) is 13.2 Å². The van der Waals surface area contributed by atoms with E-state index in [-0.39, 0.29) is 23.0 Å². The van der Waals surface area contributed by atoms with Crippen molar-refractivity contribution < 1.29 is 27.1 Å². The third kappa shape index (κ3) is 5.54. The summed E-state index contributed by atoms with van der Waals surface area (Å²) in [7, 11) is -1.77. The minimum Gasteiger partial charge on any atom is -0.487 e. The molecule has 1 heterocycles. The van der Waals surface area contributed by atoms with Crippen molar-refractivity contribution in [3.05, 3.63) is 36.7 Å². The quantitative estimate of drug-likeness (QED) is 0.554. The van der Waals surface area contributed by atoms with E-state index in [1.54, 1.807) is 17.1 Å². The molecule has 0 unspecified atom stereocenters. The molecule has 1 saturated carbocycles. The van der Waals surface area contributed by atoms with E-state index in [0.717, 1.165) is 12.8 Å². The molecule has 1 fully saturated rings. The molecule has 29 heavy (non-hydrogen) atoms. The summed E-state index contributed by atoms with van der Waals surface area (Å²) in [5.41, 5.74) is 0.613. The number of benzene rings is 1. The number of aromatic nitrogens is 2. The molecule has 0 aliphatic heterocycles. The highest BCUT2D eigenvalue weighted by molar-refractivity contribution is 6.74. The molecule has 0 spiro atoms. The van der Waals surface area contributed by atoms with Crippen LogP contribution in [0.3, 0.4) is 0 Å². The lowest BCUT2D eigenvalue weighted by Gasteiger charge is -2.44. The Morgan fingerprint density at radius 2 is 1.62 bits per heavy atom. The zero-order valence-electron chi connectivity index (χ0n) is 17.3. The highest BCUT2D eigenvalue weighted by atomic mass is 28.4. The Morgan fingerprint density at radius 1 is 1.00 bits per heavy atom. The Kier molecular flexibility index (Phi) is 5.75. The van der Waals surface area contributed by atoms with E-state index >= 15 is 0 Å². The highest BCUT2D eigenvalue weighted by Crippen LogP contribution is 2.40. The summed E-state index contributed by atoms with van der Waals surface area (Å²) in [4.78, 5) is 0. The zero-order valence-corrected chi connectivity index (χ0v) is 18.3. The third-order valence-corrected chi connectivity index (χ3v) is 10.1. The van der Waals surface area contributed by atoms with Crippen molar-refractivity contribution in [1.82, 2.24) is 9.78 Å². The van der Waals surface area contributed by atoms with Gasteiger partial charge in [0.2, 0.25) is 0 Å². The van der Waals surface area contributed by atoms with Gasteiger partial charge >= 0.3 is 6.36 Å². The summed E-state index contributed by atoms with van der Waals surface area (Å²) in [6.45, 7) is 11.2. The van der Waals surface area contributed by atoms with Gasteiger partial charge in [-0.3, -0.25) is 0 Å². The van der Waals surface area contributed by atoms with Gasteiger partial charge in [-0.1, -0.05) is 20.8 Å². The van der Waals surface area contributed by atoms with Gasteiger partial charge in [0, 0.05) is 12.8 Å². The molecule has 9 heteroatoms. The molecule has 2 aromatic rings. The van der Waals surface area contributed by atoms with Gasteiger partial charge in [-0.15, -0.1) is 13.2 Å². The van der Waals surface area contributed by atoms with Gasteiger partial charge in [0.05, 0.1) is 24.2 Å². The van der Waals surface area contributed by atoms with E-state index in [2.05, 4.69) is 43.7 Å². The molecular weight excluding hydrogens is 401 g/mol. The molecule has 0 amide bonds. The first-order chi connectivity index (χ1) is 13.3. The number of hydrogen-bond acceptors (Lipinski definition) is 4. The molecule has 0 saturated heterocycles. The van der Waals surface area contributed by atoms with Crippen LogP contribution in [0, 0.1) is 0 Å². The second-order valence-corrected chi connectivity index (χ2v) is 13.6. The number of rotatable bonds is 6. The van der Waals surface area contributed by atoms with Gasteiger partial charge in [-0.05, 0) is 42.4 Å². The fourth-order valence-corrected chi connectivity index (χ4v) is 4.18. The fourth-order valence-electron chi connectivity index (χ4n) is 2.80. The van der Waals surface area contributed by atoms with Crippen LogP contribution < -0.4 is 9.47 Å². The average molecular weight is 429 g/mol. The van der Waals surface area contributed by atoms with E-state index in [1.807, 2.05) is 0 Å². The molecular formula is C20H27F3N2O3Si. The maximum Gasteiger partial charge on any atom is 0.573 e. The molecule has 1 aromatic carbocycles. The molecule has 160 valence electrons.